The van der Waals surface area contributed by atoms with Crippen molar-refractivity contribution in [2.75, 3.05) is 19.5 Å². The van der Waals surface area contributed by atoms with Crippen molar-refractivity contribution in [3.05, 3.63) is 88.3 Å². The lowest BCUT2D eigenvalue weighted by molar-refractivity contribution is 0.0663. The first-order valence-corrected chi connectivity index (χ1v) is 14.0. The van der Waals surface area contributed by atoms with Gasteiger partial charge in [-0.2, -0.15) is 0 Å². The van der Waals surface area contributed by atoms with Gasteiger partial charge in [-0.15, -0.1) is 0 Å². The van der Waals surface area contributed by atoms with Gasteiger partial charge in [-0.3, -0.25) is 4.99 Å². The van der Waals surface area contributed by atoms with Crippen molar-refractivity contribution in [2.45, 2.75) is 37.8 Å². The number of nitrogens with zero attached hydrogens (tertiary/aromatic N) is 4. The van der Waals surface area contributed by atoms with Crippen LogP contribution < -0.4 is 15.4 Å². The van der Waals surface area contributed by atoms with Crippen LogP contribution >= 0.6 is 23.2 Å². The topological polar surface area (TPSA) is 73.6 Å². The minimum atomic E-state index is 0.187. The third-order valence-corrected chi connectivity index (χ3v) is 8.13. The summed E-state index contributed by atoms with van der Waals surface area (Å²) in [6, 6.07) is 21.9. The van der Waals surface area contributed by atoms with Crippen molar-refractivity contribution in [1.82, 2.24) is 14.5 Å². The highest BCUT2D eigenvalue weighted by atomic mass is 35.5. The Morgan fingerprint density at radius 1 is 0.900 bits per heavy atom. The highest BCUT2D eigenvalue weighted by Crippen LogP contribution is 2.34. The van der Waals surface area contributed by atoms with E-state index in [0.29, 0.717) is 22.0 Å². The predicted molar refractivity (Wildman–Crippen MR) is 160 cm³/mol. The Balaban J connectivity index is 1.59. The molecule has 2 heterocycles. The standard InChI is InChI=1S/C31H29Cl2N5O2/c1-39-21-12-9-19(10-13-21)35-27-18-30-28(17-26(27)37-25-7-5-15-34-31(25)40-2)36-24-6-3-4-8-29(24)38(30)20-11-14-22(32)23(33)16-20/h3-8,11,14-19,21,37H,9-10,12-13H2,1-2H3. The van der Waals surface area contributed by atoms with E-state index in [2.05, 4.69) is 27.0 Å². The monoisotopic (exact) mass is 573 g/mol. The number of hydrogen-bond acceptors (Lipinski definition) is 6. The normalized spacial score (nSPS) is 17.9. The van der Waals surface area contributed by atoms with Gasteiger partial charge >= 0.3 is 0 Å². The van der Waals surface area contributed by atoms with E-state index in [0.717, 1.165) is 70.5 Å². The molecule has 7 nitrogen and oxygen atoms in total. The van der Waals surface area contributed by atoms with Gasteiger partial charge in [0.25, 0.3) is 0 Å². The fraction of sp³-hybridized carbons (Fsp3) is 0.258. The van der Waals surface area contributed by atoms with Crippen LogP contribution in [0.3, 0.4) is 0 Å². The molecule has 0 saturated heterocycles. The van der Waals surface area contributed by atoms with Crippen LogP contribution in [0.4, 0.5) is 11.4 Å². The zero-order chi connectivity index (χ0) is 27.6. The number of fused-ring (bicyclic) bond motifs is 2. The Kier molecular flexibility index (Phi) is 7.61. The lowest BCUT2D eigenvalue weighted by Crippen LogP contribution is -2.25. The number of benzene rings is 3. The van der Waals surface area contributed by atoms with Gasteiger partial charge in [-0.05, 0) is 80.3 Å². The Morgan fingerprint density at radius 3 is 2.50 bits per heavy atom. The lowest BCUT2D eigenvalue weighted by Gasteiger charge is -2.25. The molecule has 2 aromatic carbocycles. The smallest absolute Gasteiger partial charge is 0.237 e. The highest BCUT2D eigenvalue weighted by molar-refractivity contribution is 6.42. The molecule has 40 heavy (non-hydrogen) atoms. The zero-order valence-electron chi connectivity index (χ0n) is 22.3. The molecule has 0 unspecified atom stereocenters. The molecule has 0 spiro atoms. The third-order valence-electron chi connectivity index (χ3n) is 7.39. The third kappa shape index (κ3) is 5.24. The Morgan fingerprint density at radius 2 is 1.73 bits per heavy atom. The Bertz CT molecular complexity index is 1710. The Labute approximate surface area is 242 Å². The zero-order valence-corrected chi connectivity index (χ0v) is 23.8. The molecule has 0 amide bonds. The number of hydrogen-bond donors (Lipinski definition) is 1. The molecule has 3 aromatic rings. The van der Waals surface area contributed by atoms with Crippen molar-refractivity contribution in [1.29, 1.82) is 0 Å². The minimum absolute atomic E-state index is 0.187. The number of rotatable bonds is 6. The van der Waals surface area contributed by atoms with E-state index in [1.807, 2.05) is 54.6 Å². The summed E-state index contributed by atoms with van der Waals surface area (Å²) in [5.41, 5.74) is 5.99. The number of methoxy groups -OCH3 is 2. The molecule has 6 rings (SSSR count). The molecule has 1 aliphatic heterocycles. The van der Waals surface area contributed by atoms with E-state index in [9.17, 15) is 0 Å². The summed E-state index contributed by atoms with van der Waals surface area (Å²) >= 11 is 12.8. The Hall–Kier alpha value is -3.65. The minimum Gasteiger partial charge on any atom is -0.480 e. The van der Waals surface area contributed by atoms with E-state index in [1.54, 1.807) is 20.4 Å². The highest BCUT2D eigenvalue weighted by Gasteiger charge is 2.22. The van der Waals surface area contributed by atoms with Crippen molar-refractivity contribution >= 4 is 45.6 Å². The number of pyridine rings is 1. The van der Waals surface area contributed by atoms with Crippen LogP contribution in [0, 0.1) is 0 Å². The van der Waals surface area contributed by atoms with Crippen LogP contribution in [-0.4, -0.2) is 40.9 Å². The lowest BCUT2D eigenvalue weighted by atomic mass is 9.93. The molecule has 0 radical (unpaired) electrons. The molecular formula is C31H29Cl2N5O2. The second-order valence-electron chi connectivity index (χ2n) is 9.87. The van der Waals surface area contributed by atoms with Gasteiger partial charge < -0.3 is 19.4 Å². The van der Waals surface area contributed by atoms with Crippen molar-refractivity contribution < 1.29 is 9.47 Å². The van der Waals surface area contributed by atoms with E-state index in [4.69, 9.17) is 42.7 Å². The van der Waals surface area contributed by atoms with E-state index in [1.165, 1.54) is 0 Å². The largest absolute Gasteiger partial charge is 0.480 e. The first-order valence-electron chi connectivity index (χ1n) is 13.3. The van der Waals surface area contributed by atoms with Gasteiger partial charge in [0.1, 0.15) is 5.69 Å². The van der Waals surface area contributed by atoms with Crippen molar-refractivity contribution in [3.63, 3.8) is 0 Å². The van der Waals surface area contributed by atoms with Crippen LogP contribution in [0.1, 0.15) is 25.7 Å². The average Bonchev–Trinajstić information content (AvgIpc) is 2.98. The number of ether oxygens (including phenoxy) is 2. The predicted octanol–water partition coefficient (Wildman–Crippen LogP) is 7.44. The van der Waals surface area contributed by atoms with Gasteiger partial charge in [-0.25, -0.2) is 9.97 Å². The second-order valence-corrected chi connectivity index (χ2v) is 10.7. The van der Waals surface area contributed by atoms with Gasteiger partial charge in [0, 0.05) is 19.0 Å². The van der Waals surface area contributed by atoms with Crippen LogP contribution in [0.2, 0.25) is 10.0 Å². The first kappa shape index (κ1) is 26.6. The number of aromatic nitrogens is 3. The molecule has 1 fully saturated rings. The summed E-state index contributed by atoms with van der Waals surface area (Å²) in [7, 11) is 3.40. The van der Waals surface area contributed by atoms with Crippen LogP contribution in [0.15, 0.2) is 77.9 Å². The maximum Gasteiger partial charge on any atom is 0.237 e. The molecule has 204 valence electrons. The number of nitrogens with one attached hydrogen (secondary N) is 1. The van der Waals surface area contributed by atoms with Gasteiger partial charge in [0.05, 0.1) is 62.8 Å². The van der Waals surface area contributed by atoms with Gasteiger partial charge in [0.2, 0.25) is 5.88 Å². The van der Waals surface area contributed by atoms with Crippen LogP contribution in [-0.2, 0) is 4.74 Å². The molecule has 1 saturated carbocycles. The maximum atomic E-state index is 6.48. The van der Waals surface area contributed by atoms with E-state index >= 15 is 0 Å². The number of halogens is 2. The average molecular weight is 575 g/mol. The van der Waals surface area contributed by atoms with E-state index in [-0.39, 0.29) is 6.04 Å². The molecule has 0 bridgehead atoms. The molecule has 2 aliphatic carbocycles. The quantitative estimate of drug-likeness (QED) is 0.214. The second kappa shape index (κ2) is 11.5. The first-order chi connectivity index (χ1) is 19.5. The summed E-state index contributed by atoms with van der Waals surface area (Å²) in [5, 5.41) is 5.36. The SMILES string of the molecule is COc1ncccc1Nc1cc2nc3ccccc3n(-c3ccc(Cl)c(Cl)c3)c-2cc1=NC1CCC(OC)CC1. The van der Waals surface area contributed by atoms with Crippen LogP contribution in [0.25, 0.3) is 28.1 Å². The molecule has 3 aliphatic rings. The van der Waals surface area contributed by atoms with Crippen LogP contribution in [0.5, 0.6) is 5.88 Å². The van der Waals surface area contributed by atoms with E-state index < -0.39 is 0 Å². The summed E-state index contributed by atoms with van der Waals surface area (Å²) in [4.78, 5) is 14.7. The molecule has 0 atom stereocenters. The summed E-state index contributed by atoms with van der Waals surface area (Å²) in [6.45, 7) is 0. The fourth-order valence-electron chi connectivity index (χ4n) is 5.35. The number of anilines is 2. The summed E-state index contributed by atoms with van der Waals surface area (Å²) in [6.07, 6.45) is 5.93. The molecule has 1 N–H and O–H groups in total. The van der Waals surface area contributed by atoms with Gasteiger partial charge in [-0.1, -0.05) is 35.3 Å². The number of para-hydroxylation sites is 2. The molecule has 9 heteroatoms. The molecular weight excluding hydrogens is 545 g/mol. The summed E-state index contributed by atoms with van der Waals surface area (Å²) < 4.78 is 13.3. The molecule has 1 aromatic heterocycles. The van der Waals surface area contributed by atoms with Crippen molar-refractivity contribution in [3.8, 4) is 23.0 Å². The van der Waals surface area contributed by atoms with Crippen molar-refractivity contribution in [2.24, 2.45) is 4.99 Å². The maximum absolute atomic E-state index is 6.48. The summed E-state index contributed by atoms with van der Waals surface area (Å²) in [5.74, 6) is 0.506. The fourth-order valence-corrected chi connectivity index (χ4v) is 5.64. The van der Waals surface area contributed by atoms with Gasteiger partial charge in [0.15, 0.2) is 0 Å².